The smallest absolute Gasteiger partial charge is 0.300 e. The van der Waals surface area contributed by atoms with Gasteiger partial charge in [0.2, 0.25) is 5.88 Å². The number of fused-ring (bicyclic) bond motifs is 3. The van der Waals surface area contributed by atoms with Crippen molar-refractivity contribution in [3.63, 3.8) is 0 Å². The van der Waals surface area contributed by atoms with E-state index in [0.717, 1.165) is 38.3 Å². The number of rotatable bonds is 4. The average Bonchev–Trinajstić information content (AvgIpc) is 3.28. The largest absolute Gasteiger partial charge is 0.480 e. The van der Waals surface area contributed by atoms with Crippen LogP contribution in [0.15, 0.2) is 115 Å². The highest BCUT2D eigenvalue weighted by Gasteiger charge is 2.17. The minimum Gasteiger partial charge on any atom is -0.480 e. The van der Waals surface area contributed by atoms with Crippen LogP contribution in [-0.4, -0.2) is 24.6 Å². The van der Waals surface area contributed by atoms with Crippen LogP contribution in [0.5, 0.6) is 17.6 Å². The van der Waals surface area contributed by atoms with Crippen LogP contribution in [0, 0.1) is 0 Å². The van der Waals surface area contributed by atoms with E-state index < -0.39 is 0 Å². The summed E-state index contributed by atoms with van der Waals surface area (Å²) in [4.78, 5) is 13.8. The SMILES string of the molecule is Oc1nc2ccccc2n1-c1nc(Oc2cccc(-c3cc4ccccc4cn3)c2)cc2ccccc12. The van der Waals surface area contributed by atoms with Crippen molar-refractivity contribution in [2.75, 3.05) is 0 Å². The number of ether oxygens (including phenoxy) is 1. The molecule has 176 valence electrons. The maximum absolute atomic E-state index is 10.7. The van der Waals surface area contributed by atoms with Gasteiger partial charge in [-0.05, 0) is 41.1 Å². The topological polar surface area (TPSA) is 73.1 Å². The Labute approximate surface area is 212 Å². The van der Waals surface area contributed by atoms with Crippen LogP contribution in [0.1, 0.15) is 0 Å². The highest BCUT2D eigenvalue weighted by atomic mass is 16.5. The molecule has 6 nitrogen and oxygen atoms in total. The predicted molar refractivity (Wildman–Crippen MR) is 145 cm³/mol. The Morgan fingerprint density at radius 3 is 2.38 bits per heavy atom. The Balaban J connectivity index is 1.32. The van der Waals surface area contributed by atoms with Crippen LogP contribution in [0.4, 0.5) is 0 Å². The average molecular weight is 481 g/mol. The monoisotopic (exact) mass is 480 g/mol. The molecular weight excluding hydrogens is 460 g/mol. The summed E-state index contributed by atoms with van der Waals surface area (Å²) in [7, 11) is 0. The van der Waals surface area contributed by atoms with Gasteiger partial charge < -0.3 is 9.84 Å². The molecule has 3 heterocycles. The first-order valence-corrected chi connectivity index (χ1v) is 11.9. The fraction of sp³-hybridized carbons (Fsp3) is 0. The molecule has 3 aromatic heterocycles. The molecule has 1 N–H and O–H groups in total. The molecule has 0 unspecified atom stereocenters. The van der Waals surface area contributed by atoms with E-state index in [1.165, 1.54) is 0 Å². The van der Waals surface area contributed by atoms with Gasteiger partial charge in [0.25, 0.3) is 0 Å². The fourth-order valence-electron chi connectivity index (χ4n) is 4.68. The molecule has 0 aliphatic carbocycles. The molecule has 0 fully saturated rings. The van der Waals surface area contributed by atoms with Gasteiger partial charge in [0.05, 0.1) is 16.7 Å². The zero-order chi connectivity index (χ0) is 24.8. The van der Waals surface area contributed by atoms with Gasteiger partial charge >= 0.3 is 6.01 Å². The zero-order valence-electron chi connectivity index (χ0n) is 19.6. The maximum Gasteiger partial charge on any atom is 0.300 e. The molecule has 0 amide bonds. The first-order chi connectivity index (χ1) is 18.2. The van der Waals surface area contributed by atoms with Crippen molar-refractivity contribution in [1.82, 2.24) is 19.5 Å². The zero-order valence-corrected chi connectivity index (χ0v) is 19.6. The molecule has 0 spiro atoms. The van der Waals surface area contributed by atoms with Gasteiger partial charge in [-0.1, -0.05) is 72.8 Å². The molecule has 7 rings (SSSR count). The van der Waals surface area contributed by atoms with Gasteiger partial charge in [0.15, 0.2) is 5.82 Å². The van der Waals surface area contributed by atoms with Crippen molar-refractivity contribution >= 4 is 32.6 Å². The molecule has 7 aromatic rings. The number of hydrogen-bond donors (Lipinski definition) is 1. The van der Waals surface area contributed by atoms with Gasteiger partial charge in [-0.15, -0.1) is 0 Å². The number of hydrogen-bond acceptors (Lipinski definition) is 5. The predicted octanol–water partition coefficient (Wildman–Crippen LogP) is 7.29. The fourth-order valence-corrected chi connectivity index (χ4v) is 4.68. The minimum absolute atomic E-state index is 0.125. The number of imidazole rings is 1. The number of para-hydroxylation sites is 2. The summed E-state index contributed by atoms with van der Waals surface area (Å²) < 4.78 is 7.93. The van der Waals surface area contributed by atoms with Gasteiger partial charge in [0.1, 0.15) is 5.75 Å². The summed E-state index contributed by atoms with van der Waals surface area (Å²) in [5.41, 5.74) is 3.26. The van der Waals surface area contributed by atoms with Gasteiger partial charge in [0, 0.05) is 28.6 Å². The molecule has 0 saturated heterocycles. The van der Waals surface area contributed by atoms with E-state index in [0.29, 0.717) is 23.0 Å². The quantitative estimate of drug-likeness (QED) is 0.286. The van der Waals surface area contributed by atoms with Crippen LogP contribution in [0.25, 0.3) is 49.7 Å². The van der Waals surface area contributed by atoms with E-state index in [2.05, 4.69) is 28.2 Å². The summed E-state index contributed by atoms with van der Waals surface area (Å²) >= 11 is 0. The lowest BCUT2D eigenvalue weighted by Gasteiger charge is -2.13. The molecule has 0 aliphatic rings. The molecule has 0 bridgehead atoms. The normalized spacial score (nSPS) is 11.4. The van der Waals surface area contributed by atoms with Crippen molar-refractivity contribution in [3.8, 4) is 34.7 Å². The molecule has 0 saturated carbocycles. The molecule has 0 aliphatic heterocycles. The van der Waals surface area contributed by atoms with E-state index in [-0.39, 0.29) is 6.01 Å². The van der Waals surface area contributed by atoms with Gasteiger partial charge in [-0.3, -0.25) is 4.98 Å². The second kappa shape index (κ2) is 8.46. The van der Waals surface area contributed by atoms with Crippen molar-refractivity contribution in [2.24, 2.45) is 0 Å². The summed E-state index contributed by atoms with van der Waals surface area (Å²) in [5, 5.41) is 14.8. The Kier molecular flexibility index (Phi) is 4.82. The van der Waals surface area contributed by atoms with Crippen molar-refractivity contribution in [2.45, 2.75) is 0 Å². The lowest BCUT2D eigenvalue weighted by Crippen LogP contribution is -2.00. The van der Waals surface area contributed by atoms with E-state index in [1.807, 2.05) is 97.2 Å². The number of benzene rings is 4. The van der Waals surface area contributed by atoms with Crippen molar-refractivity contribution in [1.29, 1.82) is 0 Å². The van der Waals surface area contributed by atoms with Crippen LogP contribution >= 0.6 is 0 Å². The molecule has 0 radical (unpaired) electrons. The third-order valence-electron chi connectivity index (χ3n) is 6.43. The standard InChI is InChI=1S/C31H20N4O2/c36-31-33-26-14-5-6-15-28(26)35(31)30-25-13-4-3-9-21(25)18-29(34-30)37-24-12-7-11-22(16-24)27-17-20-8-1-2-10-23(20)19-32-27/h1-19H,(H,33,36). The third-order valence-corrected chi connectivity index (χ3v) is 6.43. The first kappa shape index (κ1) is 21.1. The molecule has 4 aromatic carbocycles. The summed E-state index contributed by atoms with van der Waals surface area (Å²) in [6.45, 7) is 0. The minimum atomic E-state index is -0.125. The Hall–Kier alpha value is -5.23. The Morgan fingerprint density at radius 1 is 0.676 bits per heavy atom. The number of pyridine rings is 2. The number of aromatic nitrogens is 4. The lowest BCUT2D eigenvalue weighted by atomic mass is 10.1. The van der Waals surface area contributed by atoms with Crippen LogP contribution in [-0.2, 0) is 0 Å². The van der Waals surface area contributed by atoms with Gasteiger partial charge in [-0.2, -0.15) is 9.97 Å². The second-order valence-electron chi connectivity index (χ2n) is 8.79. The van der Waals surface area contributed by atoms with Crippen LogP contribution in [0.2, 0.25) is 0 Å². The third kappa shape index (κ3) is 3.72. The van der Waals surface area contributed by atoms with E-state index in [9.17, 15) is 5.11 Å². The maximum atomic E-state index is 10.7. The first-order valence-electron chi connectivity index (χ1n) is 11.9. The molecule has 0 atom stereocenters. The van der Waals surface area contributed by atoms with Crippen LogP contribution < -0.4 is 4.74 Å². The van der Waals surface area contributed by atoms with E-state index >= 15 is 0 Å². The lowest BCUT2D eigenvalue weighted by molar-refractivity contribution is 0.422. The van der Waals surface area contributed by atoms with Crippen molar-refractivity contribution < 1.29 is 9.84 Å². The van der Waals surface area contributed by atoms with E-state index in [4.69, 9.17) is 9.72 Å². The van der Waals surface area contributed by atoms with Gasteiger partial charge in [-0.25, -0.2) is 4.57 Å². The second-order valence-corrected chi connectivity index (χ2v) is 8.79. The summed E-state index contributed by atoms with van der Waals surface area (Å²) in [6, 6.07) is 35.3. The number of aromatic hydroxyl groups is 1. The summed E-state index contributed by atoms with van der Waals surface area (Å²) in [5.74, 6) is 1.60. The Morgan fingerprint density at radius 2 is 1.46 bits per heavy atom. The van der Waals surface area contributed by atoms with Crippen molar-refractivity contribution in [3.05, 3.63) is 115 Å². The van der Waals surface area contributed by atoms with E-state index in [1.54, 1.807) is 4.57 Å². The Bertz CT molecular complexity index is 1940. The highest BCUT2D eigenvalue weighted by Crippen LogP contribution is 2.33. The van der Waals surface area contributed by atoms with Crippen LogP contribution in [0.3, 0.4) is 0 Å². The number of nitrogens with zero attached hydrogens (tertiary/aromatic N) is 4. The highest BCUT2D eigenvalue weighted by molar-refractivity contribution is 5.92. The molecule has 37 heavy (non-hydrogen) atoms. The molecular formula is C31H20N4O2. The molecule has 6 heteroatoms. The summed E-state index contributed by atoms with van der Waals surface area (Å²) in [6.07, 6.45) is 1.89.